The van der Waals surface area contributed by atoms with Crippen LogP contribution in [0.4, 0.5) is 0 Å². The van der Waals surface area contributed by atoms with Gasteiger partial charge < -0.3 is 18.4 Å². The summed E-state index contributed by atoms with van der Waals surface area (Å²) in [6, 6.07) is 4.94. The molecule has 2 aromatic rings. The second-order valence-corrected chi connectivity index (χ2v) is 9.25. The van der Waals surface area contributed by atoms with Gasteiger partial charge in [0.2, 0.25) is 0 Å². The molecule has 0 aliphatic rings. The Morgan fingerprint density at radius 3 is 2.41 bits per heavy atom. The summed E-state index contributed by atoms with van der Waals surface area (Å²) in [5, 5.41) is 1.02. The summed E-state index contributed by atoms with van der Waals surface area (Å²) in [5.74, 6) is -0.560. The Hall–Kier alpha value is -1.95. The Morgan fingerprint density at radius 1 is 1.22 bits per heavy atom. The minimum atomic E-state index is -3.47. The molecular weight excluding hydrogens is 369 g/mol. The minimum absolute atomic E-state index is 0.0730. The number of hydrogen-bond donors (Lipinski definition) is 0. The first kappa shape index (κ1) is 21.4. The molecule has 0 saturated heterocycles. The lowest BCUT2D eigenvalue weighted by Gasteiger charge is -2.20. The zero-order chi connectivity index (χ0) is 20.4. The molecule has 0 fully saturated rings. The highest BCUT2D eigenvalue weighted by Crippen LogP contribution is 2.46. The van der Waals surface area contributed by atoms with E-state index in [1.807, 2.05) is 0 Å². The highest BCUT2D eigenvalue weighted by atomic mass is 31.2. The van der Waals surface area contributed by atoms with Crippen LogP contribution >= 0.6 is 7.60 Å². The first-order valence-electron chi connectivity index (χ1n) is 8.67. The lowest BCUT2D eigenvalue weighted by atomic mass is 10.1. The van der Waals surface area contributed by atoms with Crippen molar-refractivity contribution < 1.29 is 27.9 Å². The van der Waals surface area contributed by atoms with Crippen LogP contribution in [0.1, 0.15) is 45.0 Å². The Balaban J connectivity index is 2.55. The van der Waals surface area contributed by atoms with Gasteiger partial charge in [0.25, 0.3) is 0 Å². The number of ketones is 1. The summed E-state index contributed by atoms with van der Waals surface area (Å²) in [6.07, 6.45) is 1.61. The van der Waals surface area contributed by atoms with Crippen LogP contribution in [-0.2, 0) is 29.7 Å². The fourth-order valence-corrected chi connectivity index (χ4v) is 4.12. The molecule has 1 aromatic heterocycles. The lowest BCUT2D eigenvalue weighted by Crippen LogP contribution is -2.26. The summed E-state index contributed by atoms with van der Waals surface area (Å²) >= 11 is 0. The topological polar surface area (TPSA) is 83.8 Å². The van der Waals surface area contributed by atoms with Gasteiger partial charge in [0.15, 0.2) is 5.78 Å². The average molecular weight is 395 g/mol. The first-order valence-corrected chi connectivity index (χ1v) is 10.2. The zero-order valence-electron chi connectivity index (χ0n) is 16.6. The van der Waals surface area contributed by atoms with E-state index in [9.17, 15) is 14.2 Å². The van der Waals surface area contributed by atoms with E-state index in [1.165, 1.54) is 14.0 Å². The predicted molar refractivity (Wildman–Crippen MR) is 104 cm³/mol. The van der Waals surface area contributed by atoms with Crippen LogP contribution in [0.3, 0.4) is 0 Å². The maximum Gasteiger partial charge on any atom is 0.361 e. The Kier molecular flexibility index (Phi) is 6.30. The van der Waals surface area contributed by atoms with Gasteiger partial charge >= 0.3 is 13.6 Å². The van der Waals surface area contributed by atoms with Crippen molar-refractivity contribution in [3.05, 3.63) is 30.0 Å². The van der Waals surface area contributed by atoms with Gasteiger partial charge in [0, 0.05) is 24.3 Å². The number of benzene rings is 1. The lowest BCUT2D eigenvalue weighted by molar-refractivity contribution is -0.155. The molecule has 27 heavy (non-hydrogen) atoms. The normalized spacial score (nSPS) is 14.1. The fraction of sp³-hybridized carbons (Fsp3) is 0.474. The summed E-state index contributed by atoms with van der Waals surface area (Å²) in [7, 11) is -2.15. The van der Waals surface area contributed by atoms with Crippen molar-refractivity contribution in [3.8, 4) is 0 Å². The number of fused-ring (bicyclic) bond motifs is 1. The van der Waals surface area contributed by atoms with Crippen LogP contribution < -0.4 is 5.30 Å². The van der Waals surface area contributed by atoms with E-state index >= 15 is 0 Å². The minimum Gasteiger partial charge on any atom is -0.459 e. The van der Waals surface area contributed by atoms with Crippen molar-refractivity contribution in [3.63, 3.8) is 0 Å². The molecule has 0 amide bonds. The van der Waals surface area contributed by atoms with E-state index in [0.717, 1.165) is 0 Å². The van der Waals surface area contributed by atoms with Gasteiger partial charge in [-0.2, -0.15) is 0 Å². The van der Waals surface area contributed by atoms with Crippen molar-refractivity contribution in [2.45, 2.75) is 46.8 Å². The molecule has 1 unspecified atom stereocenters. The SMILES string of the molecule is CCOP(=O)(OC)c1ccc2c(C(C)=O)cn(CC(=O)OC(C)(C)C)c2c1. The molecule has 0 bridgehead atoms. The molecule has 1 heterocycles. The number of rotatable bonds is 7. The largest absolute Gasteiger partial charge is 0.459 e. The monoisotopic (exact) mass is 395 g/mol. The molecule has 0 aliphatic carbocycles. The van der Waals surface area contributed by atoms with Crippen molar-refractivity contribution in [1.29, 1.82) is 0 Å². The van der Waals surface area contributed by atoms with Crippen molar-refractivity contribution in [2.24, 2.45) is 0 Å². The second kappa shape index (κ2) is 7.97. The smallest absolute Gasteiger partial charge is 0.361 e. The molecule has 0 aliphatic heterocycles. The number of esters is 1. The molecule has 1 aromatic carbocycles. The molecule has 0 saturated carbocycles. The third-order valence-corrected chi connectivity index (χ3v) is 5.81. The third kappa shape index (κ3) is 4.86. The maximum absolute atomic E-state index is 12.9. The molecule has 148 valence electrons. The molecule has 8 heteroatoms. The Bertz CT molecular complexity index is 909. The van der Waals surface area contributed by atoms with Gasteiger partial charge in [-0.15, -0.1) is 0 Å². The van der Waals surface area contributed by atoms with Gasteiger partial charge in [-0.25, -0.2) is 0 Å². The van der Waals surface area contributed by atoms with Crippen molar-refractivity contribution in [2.75, 3.05) is 13.7 Å². The van der Waals surface area contributed by atoms with Crippen LogP contribution in [-0.4, -0.2) is 35.6 Å². The number of aromatic nitrogens is 1. The van der Waals surface area contributed by atoms with E-state index in [1.54, 1.807) is 56.7 Å². The number of nitrogens with zero attached hydrogens (tertiary/aromatic N) is 1. The first-order chi connectivity index (χ1) is 12.5. The van der Waals surface area contributed by atoms with E-state index in [0.29, 0.717) is 21.8 Å². The molecule has 0 radical (unpaired) electrons. The summed E-state index contributed by atoms with van der Waals surface area (Å²) < 4.78 is 30.3. The predicted octanol–water partition coefficient (Wildman–Crippen LogP) is 3.69. The number of carbonyl (C=O) groups excluding carboxylic acids is 2. The van der Waals surface area contributed by atoms with Crippen LogP contribution in [0, 0.1) is 0 Å². The zero-order valence-corrected chi connectivity index (χ0v) is 17.5. The van der Waals surface area contributed by atoms with E-state index < -0.39 is 19.2 Å². The molecule has 2 rings (SSSR count). The molecule has 7 nitrogen and oxygen atoms in total. The van der Waals surface area contributed by atoms with Crippen LogP contribution in [0.15, 0.2) is 24.4 Å². The number of carbonyl (C=O) groups is 2. The van der Waals surface area contributed by atoms with Crippen LogP contribution in [0.2, 0.25) is 0 Å². The van der Waals surface area contributed by atoms with Gasteiger partial charge in [0.1, 0.15) is 12.1 Å². The highest BCUT2D eigenvalue weighted by molar-refractivity contribution is 7.62. The third-order valence-electron chi connectivity index (χ3n) is 3.82. The maximum atomic E-state index is 12.9. The molecule has 0 N–H and O–H groups in total. The van der Waals surface area contributed by atoms with Gasteiger partial charge in [-0.3, -0.25) is 14.2 Å². The van der Waals surface area contributed by atoms with Crippen molar-refractivity contribution in [1.82, 2.24) is 4.57 Å². The Morgan fingerprint density at radius 2 is 1.89 bits per heavy atom. The summed E-state index contributed by atoms with van der Waals surface area (Å²) in [4.78, 5) is 24.3. The fourth-order valence-electron chi connectivity index (χ4n) is 2.78. The molecular formula is C19H26NO6P. The van der Waals surface area contributed by atoms with Crippen LogP contribution in [0.25, 0.3) is 10.9 Å². The molecule has 1 atom stereocenters. The summed E-state index contributed by atoms with van der Waals surface area (Å²) in [6.45, 7) is 8.69. The average Bonchev–Trinajstić information content (AvgIpc) is 2.91. The van der Waals surface area contributed by atoms with Gasteiger partial charge in [-0.1, -0.05) is 6.07 Å². The standard InChI is InChI=1S/C19H26NO6P/c1-7-25-27(23,24-6)14-8-9-15-16(13(2)21)11-20(17(15)10-14)12-18(22)26-19(3,4)5/h8-11H,7,12H2,1-6H3. The van der Waals surface area contributed by atoms with E-state index in [2.05, 4.69) is 0 Å². The second-order valence-electron chi connectivity index (χ2n) is 7.11. The quantitative estimate of drug-likeness (QED) is 0.404. The van der Waals surface area contributed by atoms with E-state index in [-0.39, 0.29) is 18.9 Å². The van der Waals surface area contributed by atoms with Gasteiger partial charge in [0.05, 0.1) is 17.4 Å². The van der Waals surface area contributed by atoms with Crippen LogP contribution in [0.5, 0.6) is 0 Å². The summed E-state index contributed by atoms with van der Waals surface area (Å²) in [5.41, 5.74) is 0.444. The van der Waals surface area contributed by atoms with E-state index in [4.69, 9.17) is 13.8 Å². The number of ether oxygens (including phenoxy) is 1. The highest BCUT2D eigenvalue weighted by Gasteiger charge is 2.27. The number of hydrogen-bond acceptors (Lipinski definition) is 6. The Labute approximate surface area is 159 Å². The van der Waals surface area contributed by atoms with Crippen molar-refractivity contribution >= 4 is 35.6 Å². The molecule has 0 spiro atoms. The number of Topliss-reactive ketones (excluding diaryl/α,β-unsaturated/α-hetero) is 1. The van der Waals surface area contributed by atoms with Gasteiger partial charge in [-0.05, 0) is 46.8 Å².